The highest BCUT2D eigenvalue weighted by Crippen LogP contribution is 2.32. The van der Waals surface area contributed by atoms with Crippen LogP contribution < -0.4 is 5.32 Å². The Morgan fingerprint density at radius 3 is 2.73 bits per heavy atom. The summed E-state index contributed by atoms with van der Waals surface area (Å²) in [5.41, 5.74) is 4.70. The Bertz CT molecular complexity index is 1120. The Labute approximate surface area is 194 Å². The minimum atomic E-state index is -0.276. The smallest absolute Gasteiger partial charge is 0.318 e. The lowest BCUT2D eigenvalue weighted by Gasteiger charge is -2.27. The van der Waals surface area contributed by atoms with Gasteiger partial charge in [0.25, 0.3) is 0 Å². The SMILES string of the molecule is CCN1CCc2c(c(CN(CC3CC3)C(=O)Nc3ccccc3)nn2-c2cccc(F)c2)C1. The molecule has 1 aromatic heterocycles. The third kappa shape index (κ3) is 4.93. The number of aromatic nitrogens is 2. The van der Waals surface area contributed by atoms with Crippen molar-refractivity contribution in [2.75, 3.05) is 25.0 Å². The molecule has 1 aliphatic heterocycles. The first-order chi connectivity index (χ1) is 16.1. The molecule has 0 unspecified atom stereocenters. The summed E-state index contributed by atoms with van der Waals surface area (Å²) in [4.78, 5) is 17.5. The molecule has 0 atom stereocenters. The van der Waals surface area contributed by atoms with Gasteiger partial charge in [-0.3, -0.25) is 4.90 Å². The number of hydrogen-bond acceptors (Lipinski definition) is 3. The number of rotatable bonds is 7. The molecular formula is C26H30FN5O. The van der Waals surface area contributed by atoms with Crippen molar-refractivity contribution >= 4 is 11.7 Å². The van der Waals surface area contributed by atoms with Gasteiger partial charge in [-0.15, -0.1) is 0 Å². The highest BCUT2D eigenvalue weighted by atomic mass is 19.1. The van der Waals surface area contributed by atoms with Crippen LogP contribution in [-0.4, -0.2) is 45.2 Å². The first-order valence-electron chi connectivity index (χ1n) is 11.8. The lowest BCUT2D eigenvalue weighted by molar-refractivity contribution is 0.205. The van der Waals surface area contributed by atoms with Crippen LogP contribution in [0.4, 0.5) is 14.9 Å². The van der Waals surface area contributed by atoms with Crippen LogP contribution in [0.1, 0.15) is 36.7 Å². The molecule has 6 nitrogen and oxygen atoms in total. The van der Waals surface area contributed by atoms with E-state index in [1.54, 1.807) is 6.07 Å². The summed E-state index contributed by atoms with van der Waals surface area (Å²) in [6.45, 7) is 6.03. The Morgan fingerprint density at radius 2 is 2.00 bits per heavy atom. The van der Waals surface area contributed by atoms with E-state index in [0.717, 1.165) is 68.2 Å². The van der Waals surface area contributed by atoms with Crippen LogP contribution >= 0.6 is 0 Å². The molecule has 3 aromatic rings. The molecule has 0 bridgehead atoms. The molecular weight excluding hydrogens is 417 g/mol. The number of carbonyl (C=O) groups excluding carboxylic acids is 1. The van der Waals surface area contributed by atoms with Crippen LogP contribution in [-0.2, 0) is 19.5 Å². The number of nitrogens with one attached hydrogen (secondary N) is 1. The maximum atomic E-state index is 14.0. The van der Waals surface area contributed by atoms with E-state index in [4.69, 9.17) is 5.10 Å². The average molecular weight is 448 g/mol. The summed E-state index contributed by atoms with van der Waals surface area (Å²) in [6.07, 6.45) is 3.18. The number of hydrogen-bond donors (Lipinski definition) is 1. The zero-order valence-corrected chi connectivity index (χ0v) is 19.0. The molecule has 0 radical (unpaired) electrons. The number of benzene rings is 2. The molecule has 7 heteroatoms. The Hall–Kier alpha value is -3.19. The van der Waals surface area contributed by atoms with Crippen LogP contribution in [0, 0.1) is 11.7 Å². The van der Waals surface area contributed by atoms with E-state index in [1.807, 2.05) is 46.0 Å². The number of likely N-dealkylation sites (N-methyl/N-ethyl adjacent to an activating group) is 1. The molecule has 2 aromatic carbocycles. The summed E-state index contributed by atoms with van der Waals surface area (Å²) in [5.74, 6) is 0.279. The standard InChI is InChI=1S/C26H30FN5O/c1-2-30-14-13-25-23(17-30)24(29-32(25)22-10-6-7-20(27)15-22)18-31(16-19-11-12-19)26(33)28-21-8-4-3-5-9-21/h3-10,15,19H,2,11-14,16-18H2,1H3,(H,28,33). The quantitative estimate of drug-likeness (QED) is 0.564. The van der Waals surface area contributed by atoms with Crippen molar-refractivity contribution in [3.05, 3.63) is 77.4 Å². The number of nitrogens with zero attached hydrogens (tertiary/aromatic N) is 4. The van der Waals surface area contributed by atoms with Crippen molar-refractivity contribution in [2.45, 2.75) is 39.3 Å². The molecule has 0 spiro atoms. The van der Waals surface area contributed by atoms with Gasteiger partial charge in [0.05, 0.1) is 23.6 Å². The second-order valence-electron chi connectivity index (χ2n) is 9.00. The number of carbonyl (C=O) groups is 1. The number of urea groups is 1. The second-order valence-corrected chi connectivity index (χ2v) is 9.00. The van der Waals surface area contributed by atoms with Crippen molar-refractivity contribution in [1.82, 2.24) is 19.6 Å². The van der Waals surface area contributed by atoms with Gasteiger partial charge in [-0.2, -0.15) is 5.10 Å². The zero-order valence-electron chi connectivity index (χ0n) is 19.0. The monoisotopic (exact) mass is 447 g/mol. The largest absolute Gasteiger partial charge is 0.322 e. The van der Waals surface area contributed by atoms with E-state index < -0.39 is 0 Å². The average Bonchev–Trinajstić information content (AvgIpc) is 3.58. The van der Waals surface area contributed by atoms with Gasteiger partial charge >= 0.3 is 6.03 Å². The molecule has 5 rings (SSSR count). The van der Waals surface area contributed by atoms with E-state index in [-0.39, 0.29) is 11.8 Å². The fraction of sp³-hybridized carbons (Fsp3) is 0.385. The maximum absolute atomic E-state index is 14.0. The number of fused-ring (bicyclic) bond motifs is 1. The molecule has 1 N–H and O–H groups in total. The number of para-hydroxylation sites is 1. The van der Waals surface area contributed by atoms with Gasteiger partial charge < -0.3 is 10.2 Å². The third-order valence-corrected chi connectivity index (χ3v) is 6.55. The summed E-state index contributed by atoms with van der Waals surface area (Å²) in [5, 5.41) is 7.96. The highest BCUT2D eigenvalue weighted by molar-refractivity contribution is 5.89. The molecule has 172 valence electrons. The fourth-order valence-electron chi connectivity index (χ4n) is 4.50. The molecule has 2 amide bonds. The number of anilines is 1. The van der Waals surface area contributed by atoms with Crippen molar-refractivity contribution in [3.8, 4) is 5.69 Å². The zero-order chi connectivity index (χ0) is 22.8. The van der Waals surface area contributed by atoms with Gasteiger partial charge in [0.2, 0.25) is 0 Å². The van der Waals surface area contributed by atoms with Crippen molar-refractivity contribution in [1.29, 1.82) is 0 Å². The number of amides is 2. The summed E-state index contributed by atoms with van der Waals surface area (Å²) < 4.78 is 15.9. The molecule has 33 heavy (non-hydrogen) atoms. The van der Waals surface area contributed by atoms with E-state index in [9.17, 15) is 9.18 Å². The topological polar surface area (TPSA) is 53.4 Å². The highest BCUT2D eigenvalue weighted by Gasteiger charge is 2.30. The minimum Gasteiger partial charge on any atom is -0.318 e. The van der Waals surface area contributed by atoms with Crippen LogP contribution in [0.5, 0.6) is 0 Å². The van der Waals surface area contributed by atoms with Gasteiger partial charge in [-0.05, 0) is 55.6 Å². The molecule has 2 aliphatic rings. The minimum absolute atomic E-state index is 0.106. The number of halogens is 1. The third-order valence-electron chi connectivity index (χ3n) is 6.55. The predicted molar refractivity (Wildman–Crippen MR) is 127 cm³/mol. The summed E-state index contributed by atoms with van der Waals surface area (Å²) in [6, 6.07) is 16.0. The van der Waals surface area contributed by atoms with Crippen LogP contribution in [0.25, 0.3) is 5.69 Å². The fourth-order valence-corrected chi connectivity index (χ4v) is 4.50. The lowest BCUT2D eigenvalue weighted by atomic mass is 10.0. The molecule has 1 saturated carbocycles. The Balaban J connectivity index is 1.46. The molecule has 1 aliphatic carbocycles. The Morgan fingerprint density at radius 1 is 1.18 bits per heavy atom. The summed E-state index contributed by atoms with van der Waals surface area (Å²) >= 11 is 0. The van der Waals surface area contributed by atoms with Gasteiger partial charge in [0.15, 0.2) is 0 Å². The van der Waals surface area contributed by atoms with E-state index in [2.05, 4.69) is 17.1 Å². The molecule has 0 saturated heterocycles. The van der Waals surface area contributed by atoms with Crippen molar-refractivity contribution in [2.24, 2.45) is 5.92 Å². The second kappa shape index (κ2) is 9.35. The van der Waals surface area contributed by atoms with Crippen molar-refractivity contribution in [3.63, 3.8) is 0 Å². The van der Waals surface area contributed by atoms with Crippen LogP contribution in [0.3, 0.4) is 0 Å². The normalized spacial score (nSPS) is 15.8. The van der Waals surface area contributed by atoms with E-state index in [1.165, 1.54) is 17.7 Å². The predicted octanol–water partition coefficient (Wildman–Crippen LogP) is 4.83. The lowest BCUT2D eigenvalue weighted by Crippen LogP contribution is -2.37. The van der Waals surface area contributed by atoms with Gasteiger partial charge in [0.1, 0.15) is 5.82 Å². The van der Waals surface area contributed by atoms with E-state index >= 15 is 0 Å². The van der Waals surface area contributed by atoms with Gasteiger partial charge in [0, 0.05) is 37.3 Å². The maximum Gasteiger partial charge on any atom is 0.322 e. The first-order valence-corrected chi connectivity index (χ1v) is 11.8. The van der Waals surface area contributed by atoms with Crippen LogP contribution in [0.15, 0.2) is 54.6 Å². The van der Waals surface area contributed by atoms with Crippen LogP contribution in [0.2, 0.25) is 0 Å². The van der Waals surface area contributed by atoms with Gasteiger partial charge in [-0.25, -0.2) is 13.9 Å². The molecule has 2 heterocycles. The van der Waals surface area contributed by atoms with Gasteiger partial charge in [-0.1, -0.05) is 31.2 Å². The van der Waals surface area contributed by atoms with E-state index in [0.29, 0.717) is 12.5 Å². The van der Waals surface area contributed by atoms with Crippen molar-refractivity contribution < 1.29 is 9.18 Å². The Kier molecular flexibility index (Phi) is 6.13. The summed E-state index contributed by atoms with van der Waals surface area (Å²) in [7, 11) is 0. The first kappa shape index (κ1) is 21.6. The molecule has 1 fully saturated rings.